The second-order valence-electron chi connectivity index (χ2n) is 7.14. The SMILES string of the molecule is Cc1nc(-c2cccnc2)nc(N2CCC(c3ccc(F)cc3)CC2)c1C. The number of hydrogen-bond donors (Lipinski definition) is 0. The van der Waals surface area contributed by atoms with Crippen molar-refractivity contribution < 1.29 is 4.39 Å². The fraction of sp³-hybridized carbons (Fsp3) is 0.318. The number of aryl methyl sites for hydroxylation is 1. The van der Waals surface area contributed by atoms with Crippen molar-refractivity contribution in [3.8, 4) is 11.4 Å². The van der Waals surface area contributed by atoms with Crippen LogP contribution in [0.5, 0.6) is 0 Å². The highest BCUT2D eigenvalue weighted by Gasteiger charge is 2.24. The van der Waals surface area contributed by atoms with Crippen molar-refractivity contribution in [1.29, 1.82) is 0 Å². The first-order valence-corrected chi connectivity index (χ1v) is 9.38. The molecule has 1 saturated heterocycles. The van der Waals surface area contributed by atoms with Crippen LogP contribution in [0.1, 0.15) is 35.6 Å². The zero-order valence-electron chi connectivity index (χ0n) is 15.7. The van der Waals surface area contributed by atoms with Gasteiger partial charge in [0.05, 0.1) is 0 Å². The molecular weight excluding hydrogens is 339 g/mol. The van der Waals surface area contributed by atoms with Crippen LogP contribution in [0.25, 0.3) is 11.4 Å². The molecule has 1 aliphatic heterocycles. The Labute approximate surface area is 159 Å². The van der Waals surface area contributed by atoms with Gasteiger partial charge in [-0.2, -0.15) is 0 Å². The van der Waals surface area contributed by atoms with Crippen molar-refractivity contribution in [2.24, 2.45) is 0 Å². The summed E-state index contributed by atoms with van der Waals surface area (Å²) in [5.41, 5.74) is 4.29. The fourth-order valence-electron chi connectivity index (χ4n) is 3.71. The number of hydrogen-bond acceptors (Lipinski definition) is 4. The van der Waals surface area contributed by atoms with Gasteiger partial charge in [-0.1, -0.05) is 12.1 Å². The maximum atomic E-state index is 13.2. The molecule has 0 spiro atoms. The highest BCUT2D eigenvalue weighted by atomic mass is 19.1. The molecule has 2 aromatic heterocycles. The molecule has 0 saturated carbocycles. The highest BCUT2D eigenvalue weighted by Crippen LogP contribution is 2.32. The molecule has 5 heteroatoms. The molecule has 0 N–H and O–H groups in total. The van der Waals surface area contributed by atoms with Gasteiger partial charge in [0.15, 0.2) is 5.82 Å². The third-order valence-electron chi connectivity index (χ3n) is 5.42. The first-order valence-electron chi connectivity index (χ1n) is 9.38. The molecule has 0 atom stereocenters. The second-order valence-corrected chi connectivity index (χ2v) is 7.14. The summed E-state index contributed by atoms with van der Waals surface area (Å²) in [4.78, 5) is 16.1. The van der Waals surface area contributed by atoms with Crippen LogP contribution in [-0.4, -0.2) is 28.0 Å². The summed E-state index contributed by atoms with van der Waals surface area (Å²) >= 11 is 0. The fourth-order valence-corrected chi connectivity index (χ4v) is 3.71. The molecule has 0 amide bonds. The van der Waals surface area contributed by atoms with Gasteiger partial charge < -0.3 is 4.90 Å². The molecule has 1 aromatic carbocycles. The highest BCUT2D eigenvalue weighted by molar-refractivity contribution is 5.59. The molecule has 138 valence electrons. The first-order chi connectivity index (χ1) is 13.1. The standard InChI is InChI=1S/C22H23FN4/c1-15-16(2)25-21(19-4-3-11-24-14-19)26-22(15)27-12-9-18(10-13-27)17-5-7-20(23)8-6-17/h3-8,11,14,18H,9-10,12-13H2,1-2H3. The summed E-state index contributed by atoms with van der Waals surface area (Å²) < 4.78 is 13.2. The molecule has 0 unspecified atom stereocenters. The lowest BCUT2D eigenvalue weighted by atomic mass is 9.89. The Kier molecular flexibility index (Phi) is 4.84. The minimum absolute atomic E-state index is 0.175. The predicted molar refractivity (Wildman–Crippen MR) is 105 cm³/mol. The number of piperidine rings is 1. The van der Waals surface area contributed by atoms with Crippen molar-refractivity contribution in [3.63, 3.8) is 0 Å². The number of anilines is 1. The summed E-state index contributed by atoms with van der Waals surface area (Å²) in [6, 6.07) is 10.8. The van der Waals surface area contributed by atoms with Crippen LogP contribution < -0.4 is 4.90 Å². The monoisotopic (exact) mass is 362 g/mol. The van der Waals surface area contributed by atoms with E-state index in [1.807, 2.05) is 31.2 Å². The molecular formula is C22H23FN4. The van der Waals surface area contributed by atoms with Crippen molar-refractivity contribution in [1.82, 2.24) is 15.0 Å². The van der Waals surface area contributed by atoms with E-state index in [0.717, 1.165) is 54.4 Å². The summed E-state index contributed by atoms with van der Waals surface area (Å²) in [6.07, 6.45) is 5.63. The number of nitrogens with zero attached hydrogens (tertiary/aromatic N) is 4. The Morgan fingerprint density at radius 2 is 1.74 bits per heavy atom. The van der Waals surface area contributed by atoms with Crippen LogP contribution in [-0.2, 0) is 0 Å². The number of rotatable bonds is 3. The third-order valence-corrected chi connectivity index (χ3v) is 5.42. The molecule has 1 fully saturated rings. The molecule has 0 bridgehead atoms. The molecule has 4 nitrogen and oxygen atoms in total. The average molecular weight is 362 g/mol. The zero-order chi connectivity index (χ0) is 18.8. The molecule has 4 rings (SSSR count). The lowest BCUT2D eigenvalue weighted by molar-refractivity contribution is 0.501. The molecule has 27 heavy (non-hydrogen) atoms. The van der Waals surface area contributed by atoms with Gasteiger partial charge in [0.25, 0.3) is 0 Å². The lowest BCUT2D eigenvalue weighted by Gasteiger charge is -2.34. The van der Waals surface area contributed by atoms with Crippen molar-refractivity contribution >= 4 is 5.82 Å². The first kappa shape index (κ1) is 17.6. The summed E-state index contributed by atoms with van der Waals surface area (Å²) in [5.74, 6) is 2.04. The van der Waals surface area contributed by atoms with Gasteiger partial charge >= 0.3 is 0 Å². The maximum Gasteiger partial charge on any atom is 0.163 e. The Hall–Kier alpha value is -2.82. The second kappa shape index (κ2) is 7.43. The van der Waals surface area contributed by atoms with Crippen LogP contribution in [0.2, 0.25) is 0 Å². The minimum Gasteiger partial charge on any atom is -0.356 e. The van der Waals surface area contributed by atoms with Gasteiger partial charge in [0.2, 0.25) is 0 Å². The lowest BCUT2D eigenvalue weighted by Crippen LogP contribution is -2.34. The largest absolute Gasteiger partial charge is 0.356 e. The average Bonchev–Trinajstić information content (AvgIpc) is 2.71. The number of pyridine rings is 1. The van der Waals surface area contributed by atoms with E-state index in [2.05, 4.69) is 21.8 Å². The van der Waals surface area contributed by atoms with Gasteiger partial charge in [-0.15, -0.1) is 0 Å². The third kappa shape index (κ3) is 3.68. The summed E-state index contributed by atoms with van der Waals surface area (Å²) in [7, 11) is 0. The van der Waals surface area contributed by atoms with E-state index in [-0.39, 0.29) is 5.82 Å². The van der Waals surface area contributed by atoms with Crippen LogP contribution >= 0.6 is 0 Å². The van der Waals surface area contributed by atoms with Crippen LogP contribution in [0.4, 0.5) is 10.2 Å². The van der Waals surface area contributed by atoms with E-state index in [1.54, 1.807) is 24.5 Å². The number of benzene rings is 1. The molecule has 3 aromatic rings. The smallest absolute Gasteiger partial charge is 0.163 e. The Morgan fingerprint density at radius 3 is 2.41 bits per heavy atom. The Bertz CT molecular complexity index is 917. The van der Waals surface area contributed by atoms with E-state index in [9.17, 15) is 4.39 Å². The normalized spacial score (nSPS) is 15.1. The van der Waals surface area contributed by atoms with E-state index in [1.165, 1.54) is 5.56 Å². The van der Waals surface area contributed by atoms with Crippen molar-refractivity contribution in [2.75, 3.05) is 18.0 Å². The van der Waals surface area contributed by atoms with Crippen LogP contribution in [0.3, 0.4) is 0 Å². The zero-order valence-corrected chi connectivity index (χ0v) is 15.7. The minimum atomic E-state index is -0.175. The summed E-state index contributed by atoms with van der Waals surface area (Å²) in [5, 5.41) is 0. The summed E-state index contributed by atoms with van der Waals surface area (Å²) in [6.45, 7) is 5.99. The predicted octanol–water partition coefficient (Wildman–Crippen LogP) is 4.68. The van der Waals surface area contributed by atoms with Gasteiger partial charge in [0.1, 0.15) is 11.6 Å². The maximum absolute atomic E-state index is 13.2. The Balaban J connectivity index is 1.56. The van der Waals surface area contributed by atoms with Crippen LogP contribution in [0.15, 0.2) is 48.8 Å². The van der Waals surface area contributed by atoms with Gasteiger partial charge in [-0.3, -0.25) is 4.98 Å². The molecule has 1 aliphatic rings. The van der Waals surface area contributed by atoms with Crippen molar-refractivity contribution in [3.05, 3.63) is 71.4 Å². The quantitative estimate of drug-likeness (QED) is 0.678. The van der Waals surface area contributed by atoms with E-state index >= 15 is 0 Å². The Morgan fingerprint density at radius 1 is 1.00 bits per heavy atom. The van der Waals surface area contributed by atoms with Crippen LogP contribution in [0, 0.1) is 19.7 Å². The van der Waals surface area contributed by atoms with E-state index < -0.39 is 0 Å². The number of halogens is 1. The van der Waals surface area contributed by atoms with Gasteiger partial charge in [-0.25, -0.2) is 14.4 Å². The van der Waals surface area contributed by atoms with Crippen molar-refractivity contribution in [2.45, 2.75) is 32.6 Å². The molecule has 3 heterocycles. The molecule has 0 aliphatic carbocycles. The topological polar surface area (TPSA) is 41.9 Å². The van der Waals surface area contributed by atoms with E-state index in [0.29, 0.717) is 5.92 Å². The number of aromatic nitrogens is 3. The van der Waals surface area contributed by atoms with Gasteiger partial charge in [-0.05, 0) is 62.4 Å². The molecule has 0 radical (unpaired) electrons. The van der Waals surface area contributed by atoms with E-state index in [4.69, 9.17) is 4.98 Å². The van der Waals surface area contributed by atoms with Gasteiger partial charge in [0, 0.05) is 42.3 Å².